The number of hydrogen-bond donors (Lipinski definition) is 1. The van der Waals surface area contributed by atoms with Crippen LogP contribution in [-0.4, -0.2) is 35.3 Å². The van der Waals surface area contributed by atoms with E-state index in [0.29, 0.717) is 6.04 Å². The fraction of sp³-hybridized carbons (Fsp3) is 0.650. The monoisotopic (exact) mass is 356 g/mol. The number of hydrogen-bond acceptors (Lipinski definition) is 3. The molecule has 140 valence electrons. The van der Waals surface area contributed by atoms with Gasteiger partial charge in [-0.1, -0.05) is 23.8 Å². The number of fused-ring (bicyclic) bond motifs is 2. The maximum atomic E-state index is 12.1. The quantitative estimate of drug-likeness (QED) is 0.829. The summed E-state index contributed by atoms with van der Waals surface area (Å²) in [6.45, 7) is 10.3. The average Bonchev–Trinajstić information content (AvgIpc) is 2.75. The van der Waals surface area contributed by atoms with Crippen LogP contribution in [0.3, 0.4) is 0 Å². The molecule has 1 aliphatic carbocycles. The zero-order chi connectivity index (χ0) is 18.9. The minimum absolute atomic E-state index is 0.249. The van der Waals surface area contributed by atoms with E-state index in [9.17, 15) is 4.79 Å². The van der Waals surface area contributed by atoms with Gasteiger partial charge in [-0.05, 0) is 71.3 Å². The number of aryl methyl sites for hydroxylation is 1. The smallest absolute Gasteiger partial charge is 0.399 e. The molecule has 0 radical (unpaired) electrons. The van der Waals surface area contributed by atoms with Crippen molar-refractivity contribution >= 4 is 18.6 Å². The number of nitrogens with zero attached hydrogens (tertiary/aromatic N) is 1. The second-order valence-electron chi connectivity index (χ2n) is 9.15. The molecule has 4 fully saturated rings. The Labute approximate surface area is 156 Å². The first-order valence-electron chi connectivity index (χ1n) is 9.63. The van der Waals surface area contributed by atoms with E-state index in [-0.39, 0.29) is 22.8 Å². The second kappa shape index (κ2) is 5.49. The van der Waals surface area contributed by atoms with Gasteiger partial charge in [0.05, 0.1) is 16.7 Å². The Bertz CT molecular complexity index is 743. The lowest BCUT2D eigenvalue weighted by molar-refractivity contribution is -0.0766. The topological polar surface area (TPSA) is 64.8 Å². The molecule has 2 N–H and O–H groups in total. The third-order valence-corrected chi connectivity index (χ3v) is 7.09. The Morgan fingerprint density at radius 2 is 1.88 bits per heavy atom. The van der Waals surface area contributed by atoms with Gasteiger partial charge in [-0.25, -0.2) is 4.79 Å². The molecule has 1 aromatic rings. The summed E-state index contributed by atoms with van der Waals surface area (Å²) in [4.78, 5) is 13.9. The van der Waals surface area contributed by atoms with Crippen molar-refractivity contribution < 1.29 is 14.1 Å². The van der Waals surface area contributed by atoms with E-state index < -0.39 is 7.12 Å². The van der Waals surface area contributed by atoms with Crippen molar-refractivity contribution in [2.45, 2.75) is 83.1 Å². The molecule has 0 aromatic heterocycles. The molecule has 3 heterocycles. The summed E-state index contributed by atoms with van der Waals surface area (Å²) < 4.78 is 12.5. The lowest BCUT2D eigenvalue weighted by Gasteiger charge is -2.61. The molecule has 5 rings (SSSR count). The van der Waals surface area contributed by atoms with Crippen LogP contribution in [0.25, 0.3) is 0 Å². The van der Waals surface area contributed by atoms with Crippen molar-refractivity contribution in [3.05, 3.63) is 29.3 Å². The SMILES string of the molecule is Cc1ccc(C23CCCC(C2)N3C(N)=O)cc1B1OC(C)(C)C(C)(C)O1. The van der Waals surface area contributed by atoms with Crippen LogP contribution in [0.1, 0.15) is 64.5 Å². The Balaban J connectivity index is 1.71. The van der Waals surface area contributed by atoms with Gasteiger partial charge in [0.15, 0.2) is 0 Å². The van der Waals surface area contributed by atoms with Crippen molar-refractivity contribution in [2.75, 3.05) is 0 Å². The van der Waals surface area contributed by atoms with Crippen molar-refractivity contribution in [1.82, 2.24) is 4.90 Å². The first-order valence-corrected chi connectivity index (χ1v) is 9.63. The van der Waals surface area contributed by atoms with Crippen LogP contribution in [0, 0.1) is 6.92 Å². The summed E-state index contributed by atoms with van der Waals surface area (Å²) in [5.74, 6) is 0. The number of rotatable bonds is 2. The molecule has 4 aliphatic rings. The molecule has 2 atom stereocenters. The highest BCUT2D eigenvalue weighted by molar-refractivity contribution is 6.62. The minimum atomic E-state index is -0.391. The van der Waals surface area contributed by atoms with Gasteiger partial charge in [0.2, 0.25) is 0 Å². The molecule has 3 saturated heterocycles. The Morgan fingerprint density at radius 3 is 2.46 bits per heavy atom. The molecule has 2 unspecified atom stereocenters. The molecule has 2 bridgehead atoms. The summed E-state index contributed by atoms with van der Waals surface area (Å²) in [5.41, 5.74) is 8.06. The third-order valence-electron chi connectivity index (χ3n) is 7.09. The number of carbonyl (C=O) groups excluding carboxylic acids is 1. The summed E-state index contributed by atoms with van der Waals surface area (Å²) in [7, 11) is -0.391. The van der Waals surface area contributed by atoms with Crippen LogP contribution < -0.4 is 11.2 Å². The molecule has 6 heteroatoms. The number of amides is 2. The van der Waals surface area contributed by atoms with Crippen molar-refractivity contribution in [1.29, 1.82) is 0 Å². The third kappa shape index (κ3) is 2.35. The Hall–Kier alpha value is -1.53. The predicted octanol–water partition coefficient (Wildman–Crippen LogP) is 2.83. The standard InChI is InChI=1S/C20H29BN2O3/c1-13-8-9-14(20-10-6-7-15(12-20)23(20)17(22)24)11-16(13)21-25-18(2,3)19(4,5)26-21/h8-9,11,15H,6-7,10,12H2,1-5H3,(H2,22,24). The molecule has 1 aromatic carbocycles. The van der Waals surface area contributed by atoms with E-state index in [4.69, 9.17) is 15.0 Å². The van der Waals surface area contributed by atoms with Gasteiger partial charge in [-0.15, -0.1) is 0 Å². The van der Waals surface area contributed by atoms with Crippen LogP contribution in [0.4, 0.5) is 4.79 Å². The number of nitrogens with two attached hydrogens (primary N) is 1. The lowest BCUT2D eigenvalue weighted by Crippen LogP contribution is -2.69. The molecule has 1 saturated carbocycles. The number of piperidine rings is 1. The maximum absolute atomic E-state index is 12.1. The van der Waals surface area contributed by atoms with E-state index in [2.05, 4.69) is 52.8 Å². The van der Waals surface area contributed by atoms with Crippen LogP contribution in [-0.2, 0) is 14.8 Å². The molecule has 26 heavy (non-hydrogen) atoms. The second-order valence-corrected chi connectivity index (χ2v) is 9.15. The van der Waals surface area contributed by atoms with Gasteiger partial charge in [-0.2, -0.15) is 0 Å². The first kappa shape index (κ1) is 17.9. The summed E-state index contributed by atoms with van der Waals surface area (Å²) in [5, 5.41) is 0. The van der Waals surface area contributed by atoms with Crippen molar-refractivity contribution in [2.24, 2.45) is 5.73 Å². The van der Waals surface area contributed by atoms with Gasteiger partial charge in [0.1, 0.15) is 0 Å². The van der Waals surface area contributed by atoms with Gasteiger partial charge in [-0.3, -0.25) is 0 Å². The highest BCUT2D eigenvalue weighted by Gasteiger charge is 2.57. The van der Waals surface area contributed by atoms with Gasteiger partial charge < -0.3 is 19.9 Å². The number of urea groups is 1. The van der Waals surface area contributed by atoms with Crippen molar-refractivity contribution in [3.8, 4) is 0 Å². The molecule has 2 amide bonds. The van der Waals surface area contributed by atoms with Crippen molar-refractivity contribution in [3.63, 3.8) is 0 Å². The zero-order valence-corrected chi connectivity index (χ0v) is 16.5. The average molecular weight is 356 g/mol. The molecule has 3 aliphatic heterocycles. The predicted molar refractivity (Wildman–Crippen MR) is 102 cm³/mol. The zero-order valence-electron chi connectivity index (χ0n) is 16.5. The number of benzene rings is 1. The Morgan fingerprint density at radius 1 is 1.23 bits per heavy atom. The van der Waals surface area contributed by atoms with Gasteiger partial charge >= 0.3 is 13.1 Å². The maximum Gasteiger partial charge on any atom is 0.495 e. The van der Waals surface area contributed by atoms with E-state index in [0.717, 1.165) is 42.3 Å². The molecular formula is C20H29BN2O3. The largest absolute Gasteiger partial charge is 0.495 e. The molecule has 5 nitrogen and oxygen atoms in total. The van der Waals surface area contributed by atoms with Crippen LogP contribution in [0.15, 0.2) is 18.2 Å². The van der Waals surface area contributed by atoms with Crippen LogP contribution in [0.2, 0.25) is 0 Å². The van der Waals surface area contributed by atoms with Gasteiger partial charge in [0.25, 0.3) is 0 Å². The van der Waals surface area contributed by atoms with Crippen LogP contribution in [0.5, 0.6) is 0 Å². The van der Waals surface area contributed by atoms with Gasteiger partial charge in [0, 0.05) is 6.04 Å². The van der Waals surface area contributed by atoms with E-state index in [1.54, 1.807) is 0 Å². The van der Waals surface area contributed by atoms with E-state index in [1.807, 2.05) is 4.90 Å². The minimum Gasteiger partial charge on any atom is -0.399 e. The lowest BCUT2D eigenvalue weighted by atomic mass is 9.63. The first-order chi connectivity index (χ1) is 12.1. The van der Waals surface area contributed by atoms with E-state index in [1.165, 1.54) is 0 Å². The highest BCUT2D eigenvalue weighted by atomic mass is 16.7. The Kier molecular flexibility index (Phi) is 3.77. The fourth-order valence-electron chi connectivity index (χ4n) is 4.85. The van der Waals surface area contributed by atoms with Crippen LogP contribution >= 0.6 is 0 Å². The number of carbonyl (C=O) groups is 1. The summed E-state index contributed by atoms with van der Waals surface area (Å²) in [6.07, 6.45) is 4.16. The molecular weight excluding hydrogens is 327 g/mol. The summed E-state index contributed by atoms with van der Waals surface area (Å²) >= 11 is 0. The number of primary amides is 1. The normalized spacial score (nSPS) is 31.7. The summed E-state index contributed by atoms with van der Waals surface area (Å²) in [6, 6.07) is 6.42. The fourth-order valence-corrected chi connectivity index (χ4v) is 4.85. The molecule has 0 spiro atoms. The highest BCUT2D eigenvalue weighted by Crippen LogP contribution is 2.53. The van der Waals surface area contributed by atoms with E-state index >= 15 is 0 Å².